The Morgan fingerprint density at radius 3 is 2.20 bits per heavy atom. The number of hydrogen-bond donors (Lipinski definition) is 0. The molecule has 0 heterocycles. The second kappa shape index (κ2) is 7.54. The lowest BCUT2D eigenvalue weighted by molar-refractivity contribution is 0.198. The molecule has 0 aromatic heterocycles. The fraction of sp³-hybridized carbons (Fsp3) is 0.455. The van der Waals surface area contributed by atoms with Crippen LogP contribution in [0.4, 0.5) is 0 Å². The maximum absolute atomic E-state index is 12.1. The lowest BCUT2D eigenvalue weighted by Crippen LogP contribution is -2.11. The molecule has 0 amide bonds. The van der Waals surface area contributed by atoms with Crippen molar-refractivity contribution in [3.8, 4) is 0 Å². The van der Waals surface area contributed by atoms with Crippen LogP contribution in [-0.2, 0) is 27.9 Å². The van der Waals surface area contributed by atoms with E-state index in [4.69, 9.17) is 24.8 Å². The Hall–Kier alpha value is -0.430. The SMILES string of the molecule is CCOP(=O)(COS(=O)(=O)c1ccccc1Cl)OCC. The van der Waals surface area contributed by atoms with Gasteiger partial charge in [-0.3, -0.25) is 8.75 Å². The van der Waals surface area contributed by atoms with Gasteiger partial charge in [-0.15, -0.1) is 0 Å². The van der Waals surface area contributed by atoms with Crippen LogP contribution >= 0.6 is 19.2 Å². The van der Waals surface area contributed by atoms with Gasteiger partial charge in [-0.25, -0.2) is 0 Å². The van der Waals surface area contributed by atoms with Crippen molar-refractivity contribution in [1.29, 1.82) is 0 Å². The standard InChI is InChI=1S/C11H16ClO6PS/c1-3-16-19(13,17-4-2)9-18-20(14,15)11-8-6-5-7-10(11)12/h5-8H,3-4,9H2,1-2H3. The fourth-order valence-corrected chi connectivity index (χ4v) is 4.53. The van der Waals surface area contributed by atoms with Crippen LogP contribution in [0.3, 0.4) is 0 Å². The predicted octanol–water partition coefficient (Wildman–Crippen LogP) is 3.27. The monoisotopic (exact) mass is 342 g/mol. The van der Waals surface area contributed by atoms with E-state index in [0.29, 0.717) is 0 Å². The highest BCUT2D eigenvalue weighted by Crippen LogP contribution is 2.48. The zero-order valence-electron chi connectivity index (χ0n) is 11.1. The molecule has 0 saturated carbocycles. The summed E-state index contributed by atoms with van der Waals surface area (Å²) < 4.78 is 50.7. The first kappa shape index (κ1) is 17.6. The third-order valence-corrected chi connectivity index (χ3v) is 5.81. The van der Waals surface area contributed by atoms with E-state index in [9.17, 15) is 13.0 Å². The van der Waals surface area contributed by atoms with E-state index in [2.05, 4.69) is 0 Å². The Morgan fingerprint density at radius 2 is 1.70 bits per heavy atom. The van der Waals surface area contributed by atoms with Crippen molar-refractivity contribution in [2.45, 2.75) is 18.7 Å². The van der Waals surface area contributed by atoms with Crippen LogP contribution < -0.4 is 0 Å². The first-order valence-electron chi connectivity index (χ1n) is 5.86. The molecule has 0 radical (unpaired) electrons. The zero-order chi connectivity index (χ0) is 15.2. The summed E-state index contributed by atoms with van der Waals surface area (Å²) in [5.41, 5.74) is 0. The molecule has 0 unspecified atom stereocenters. The molecule has 0 aliphatic carbocycles. The first-order valence-corrected chi connectivity index (χ1v) is 9.38. The summed E-state index contributed by atoms with van der Waals surface area (Å²) >= 11 is 5.79. The normalized spacial score (nSPS) is 12.6. The third kappa shape index (κ3) is 4.84. The number of halogens is 1. The first-order chi connectivity index (χ1) is 9.34. The molecule has 0 spiro atoms. The van der Waals surface area contributed by atoms with E-state index in [0.717, 1.165) is 0 Å². The highest BCUT2D eigenvalue weighted by atomic mass is 35.5. The largest absolute Gasteiger partial charge is 0.357 e. The van der Waals surface area contributed by atoms with Gasteiger partial charge in [0.1, 0.15) is 4.90 Å². The Kier molecular flexibility index (Phi) is 6.64. The molecule has 6 nitrogen and oxygen atoms in total. The highest BCUT2D eigenvalue weighted by molar-refractivity contribution is 7.87. The second-order valence-corrected chi connectivity index (χ2v) is 7.57. The average Bonchev–Trinajstić information content (AvgIpc) is 2.38. The molecule has 1 aromatic carbocycles. The van der Waals surface area contributed by atoms with E-state index >= 15 is 0 Å². The van der Waals surface area contributed by atoms with Crippen molar-refractivity contribution in [2.75, 3.05) is 19.6 Å². The van der Waals surface area contributed by atoms with E-state index in [1.807, 2.05) is 0 Å². The predicted molar refractivity (Wildman–Crippen MR) is 75.4 cm³/mol. The van der Waals surface area contributed by atoms with Crippen LogP contribution in [0.2, 0.25) is 5.02 Å². The minimum Gasteiger partial charge on any atom is -0.307 e. The maximum Gasteiger partial charge on any atom is 0.357 e. The maximum atomic E-state index is 12.1. The van der Waals surface area contributed by atoms with E-state index in [-0.39, 0.29) is 23.1 Å². The molecule has 0 atom stereocenters. The van der Waals surface area contributed by atoms with Gasteiger partial charge < -0.3 is 9.05 Å². The third-order valence-electron chi connectivity index (χ3n) is 2.12. The summed E-state index contributed by atoms with van der Waals surface area (Å²) in [4.78, 5) is -0.193. The summed E-state index contributed by atoms with van der Waals surface area (Å²) in [5.74, 6) is 0. The quantitative estimate of drug-likeness (QED) is 0.533. The van der Waals surface area contributed by atoms with Crippen molar-refractivity contribution in [1.82, 2.24) is 0 Å². The van der Waals surface area contributed by atoms with Crippen LogP contribution in [-0.4, -0.2) is 28.0 Å². The smallest absolute Gasteiger partial charge is 0.307 e. The van der Waals surface area contributed by atoms with Crippen molar-refractivity contribution < 1.29 is 26.2 Å². The van der Waals surface area contributed by atoms with Crippen LogP contribution in [0.15, 0.2) is 29.2 Å². The molecular formula is C11H16ClO6PS. The van der Waals surface area contributed by atoms with Gasteiger partial charge in [0, 0.05) is 0 Å². The topological polar surface area (TPSA) is 78.9 Å². The van der Waals surface area contributed by atoms with Gasteiger partial charge in [-0.1, -0.05) is 23.7 Å². The summed E-state index contributed by atoms with van der Waals surface area (Å²) in [5, 5.41) is 0.0233. The molecule has 1 rings (SSSR count). The molecule has 0 N–H and O–H groups in total. The zero-order valence-corrected chi connectivity index (χ0v) is 13.6. The molecule has 0 saturated heterocycles. The van der Waals surface area contributed by atoms with Gasteiger partial charge in [-0.05, 0) is 26.0 Å². The fourth-order valence-electron chi connectivity index (χ4n) is 1.35. The van der Waals surface area contributed by atoms with Crippen molar-refractivity contribution >= 4 is 29.3 Å². The average molecular weight is 343 g/mol. The summed E-state index contributed by atoms with van der Waals surface area (Å²) in [6, 6.07) is 5.81. The van der Waals surface area contributed by atoms with Crippen LogP contribution in [0, 0.1) is 0 Å². The molecule has 20 heavy (non-hydrogen) atoms. The molecule has 0 fully saturated rings. The summed E-state index contributed by atoms with van der Waals surface area (Å²) in [6.07, 6.45) is -0.692. The molecule has 9 heteroatoms. The lowest BCUT2D eigenvalue weighted by atomic mass is 10.4. The molecule has 0 aliphatic rings. The van der Waals surface area contributed by atoms with Gasteiger partial charge in [-0.2, -0.15) is 8.42 Å². The van der Waals surface area contributed by atoms with E-state index in [1.165, 1.54) is 18.2 Å². The highest BCUT2D eigenvalue weighted by Gasteiger charge is 2.29. The Morgan fingerprint density at radius 1 is 1.15 bits per heavy atom. The molecule has 1 aromatic rings. The van der Waals surface area contributed by atoms with Gasteiger partial charge in [0.2, 0.25) is 0 Å². The summed E-state index contributed by atoms with van der Waals surface area (Å²) in [7, 11) is -7.72. The second-order valence-electron chi connectivity index (χ2n) is 3.58. The van der Waals surface area contributed by atoms with Gasteiger partial charge in [0.25, 0.3) is 10.1 Å². The van der Waals surface area contributed by atoms with Crippen LogP contribution in [0.25, 0.3) is 0 Å². The number of hydrogen-bond acceptors (Lipinski definition) is 6. The molecule has 0 bridgehead atoms. The Bertz CT molecular complexity index is 578. The lowest BCUT2D eigenvalue weighted by Gasteiger charge is -2.16. The van der Waals surface area contributed by atoms with Crippen molar-refractivity contribution in [2.24, 2.45) is 0 Å². The minimum absolute atomic E-state index is 0.0233. The molecule has 0 aliphatic heterocycles. The van der Waals surface area contributed by atoms with Gasteiger partial charge in [0.15, 0.2) is 6.35 Å². The number of rotatable bonds is 8. The van der Waals surface area contributed by atoms with Crippen LogP contribution in [0.1, 0.15) is 13.8 Å². The Balaban J connectivity index is 2.87. The van der Waals surface area contributed by atoms with Crippen molar-refractivity contribution in [3.63, 3.8) is 0 Å². The van der Waals surface area contributed by atoms with Gasteiger partial charge in [0.05, 0.1) is 18.2 Å². The van der Waals surface area contributed by atoms with E-state index < -0.39 is 24.1 Å². The molecular weight excluding hydrogens is 327 g/mol. The molecule has 114 valence electrons. The van der Waals surface area contributed by atoms with Crippen LogP contribution in [0.5, 0.6) is 0 Å². The van der Waals surface area contributed by atoms with Gasteiger partial charge >= 0.3 is 7.60 Å². The van der Waals surface area contributed by atoms with Crippen molar-refractivity contribution in [3.05, 3.63) is 29.3 Å². The number of benzene rings is 1. The Labute approximate surface area is 123 Å². The van der Waals surface area contributed by atoms with E-state index in [1.54, 1.807) is 19.9 Å². The minimum atomic E-state index is -4.12. The summed E-state index contributed by atoms with van der Waals surface area (Å²) in [6.45, 7) is 3.47.